The van der Waals surface area contributed by atoms with Crippen LogP contribution in [0.5, 0.6) is 0 Å². The number of anilines is 2. The predicted molar refractivity (Wildman–Crippen MR) is 82.7 cm³/mol. The largest absolute Gasteiger partial charge is 0.397 e. The van der Waals surface area contributed by atoms with E-state index >= 15 is 0 Å². The minimum atomic E-state index is -3.23. The van der Waals surface area contributed by atoms with Crippen molar-refractivity contribution in [3.8, 4) is 0 Å². The number of halogens is 1. The summed E-state index contributed by atoms with van der Waals surface area (Å²) >= 11 is 5.75. The van der Waals surface area contributed by atoms with Crippen molar-refractivity contribution < 1.29 is 13.2 Å². The number of hydrogen-bond acceptors (Lipinski definition) is 4. The van der Waals surface area contributed by atoms with E-state index < -0.39 is 15.1 Å². The Labute approximate surface area is 124 Å². The minimum Gasteiger partial charge on any atom is -0.397 e. The number of benzene rings is 1. The van der Waals surface area contributed by atoms with Crippen LogP contribution < -0.4 is 11.1 Å². The number of nitrogen functional groups attached to an aromatic ring is 1. The fourth-order valence-electron chi connectivity index (χ4n) is 1.55. The summed E-state index contributed by atoms with van der Waals surface area (Å²) in [7, 11) is -3.23. The number of nitrogens with one attached hydrogen (secondary N) is 1. The van der Waals surface area contributed by atoms with Gasteiger partial charge in [0, 0.05) is 11.4 Å². The summed E-state index contributed by atoms with van der Waals surface area (Å²) in [5, 5.41) is 2.62. The van der Waals surface area contributed by atoms with Crippen LogP contribution in [0.25, 0.3) is 0 Å². The molecule has 0 aliphatic rings. The summed E-state index contributed by atoms with van der Waals surface area (Å²) in [6.07, 6.45) is 0.447. The molecule has 0 spiro atoms. The molecule has 1 aromatic rings. The number of carbonyl (C=O) groups is 1. The first-order valence-electron chi connectivity index (χ1n) is 6.32. The van der Waals surface area contributed by atoms with Gasteiger partial charge in [-0.25, -0.2) is 8.42 Å². The summed E-state index contributed by atoms with van der Waals surface area (Å²) in [5.74, 6) is -0.549. The lowest BCUT2D eigenvalue weighted by atomic mass is 10.2. The maximum atomic E-state index is 11.8. The Morgan fingerprint density at radius 3 is 2.65 bits per heavy atom. The molecule has 0 saturated heterocycles. The van der Waals surface area contributed by atoms with Gasteiger partial charge in [-0.05, 0) is 31.5 Å². The fraction of sp³-hybridized carbons (Fsp3) is 0.462. The van der Waals surface area contributed by atoms with Crippen molar-refractivity contribution in [2.45, 2.75) is 31.9 Å². The maximum absolute atomic E-state index is 11.8. The average Bonchev–Trinajstić information content (AvgIpc) is 2.39. The second kappa shape index (κ2) is 6.95. The molecule has 3 N–H and O–H groups in total. The lowest BCUT2D eigenvalue weighted by Crippen LogP contribution is -2.24. The second-order valence-corrected chi connectivity index (χ2v) is 7.59. The Balaban J connectivity index is 2.61. The van der Waals surface area contributed by atoms with Gasteiger partial charge in [-0.1, -0.05) is 18.5 Å². The third-order valence-electron chi connectivity index (χ3n) is 3.09. The van der Waals surface area contributed by atoms with Gasteiger partial charge in [0.25, 0.3) is 0 Å². The number of rotatable bonds is 6. The molecule has 20 heavy (non-hydrogen) atoms. The zero-order valence-corrected chi connectivity index (χ0v) is 13.1. The molecule has 1 aromatic carbocycles. The fourth-order valence-corrected chi connectivity index (χ4v) is 3.11. The second-order valence-electron chi connectivity index (χ2n) is 4.62. The quantitative estimate of drug-likeness (QED) is 0.788. The zero-order chi connectivity index (χ0) is 15.3. The molecule has 0 fully saturated rings. The van der Waals surface area contributed by atoms with E-state index in [9.17, 15) is 13.2 Å². The van der Waals surface area contributed by atoms with E-state index in [1.807, 2.05) is 0 Å². The first-order valence-corrected chi connectivity index (χ1v) is 8.42. The average molecular weight is 319 g/mol. The van der Waals surface area contributed by atoms with Crippen LogP contribution >= 0.6 is 11.6 Å². The summed E-state index contributed by atoms with van der Waals surface area (Å²) in [4.78, 5) is 11.7. The number of sulfone groups is 1. The Kier molecular flexibility index (Phi) is 5.83. The summed E-state index contributed by atoms with van der Waals surface area (Å²) in [6, 6.07) is 4.70. The van der Waals surface area contributed by atoms with Crippen molar-refractivity contribution >= 4 is 38.7 Å². The number of nitrogens with two attached hydrogens (primary N) is 1. The Morgan fingerprint density at radius 1 is 1.45 bits per heavy atom. The first kappa shape index (κ1) is 16.8. The van der Waals surface area contributed by atoms with E-state index in [2.05, 4.69) is 5.32 Å². The molecule has 0 radical (unpaired) electrons. The molecule has 7 heteroatoms. The van der Waals surface area contributed by atoms with Crippen LogP contribution in [0, 0.1) is 0 Å². The highest BCUT2D eigenvalue weighted by Crippen LogP contribution is 2.22. The third-order valence-corrected chi connectivity index (χ3v) is 5.66. The van der Waals surface area contributed by atoms with Crippen LogP contribution in [0.4, 0.5) is 11.4 Å². The zero-order valence-electron chi connectivity index (χ0n) is 11.5. The van der Waals surface area contributed by atoms with E-state index in [1.54, 1.807) is 26.0 Å². The van der Waals surface area contributed by atoms with E-state index in [1.165, 1.54) is 6.07 Å². The van der Waals surface area contributed by atoms with Crippen molar-refractivity contribution in [1.29, 1.82) is 0 Å². The van der Waals surface area contributed by atoms with Gasteiger partial charge in [-0.2, -0.15) is 0 Å². The van der Waals surface area contributed by atoms with E-state index in [0.717, 1.165) is 0 Å². The summed E-state index contributed by atoms with van der Waals surface area (Å²) in [5.41, 5.74) is 6.48. The highest BCUT2D eigenvalue weighted by molar-refractivity contribution is 7.92. The maximum Gasteiger partial charge on any atom is 0.225 e. The van der Waals surface area contributed by atoms with Crippen LogP contribution in [0.3, 0.4) is 0 Å². The molecule has 0 aliphatic carbocycles. The van der Waals surface area contributed by atoms with Crippen LogP contribution in [0.1, 0.15) is 26.7 Å². The molecule has 0 bridgehead atoms. The standard InChI is InChI=1S/C13H19ClN2O3S/c1-3-9(2)20(18,19)7-6-13(17)16-12-5-4-10(14)8-11(12)15/h4-5,8-9H,3,6-7,15H2,1-2H3,(H,16,17). The molecular formula is C13H19ClN2O3S. The lowest BCUT2D eigenvalue weighted by Gasteiger charge is -2.11. The van der Waals surface area contributed by atoms with Gasteiger partial charge in [0.1, 0.15) is 0 Å². The van der Waals surface area contributed by atoms with Crippen molar-refractivity contribution in [1.82, 2.24) is 0 Å². The van der Waals surface area contributed by atoms with Crippen molar-refractivity contribution in [2.24, 2.45) is 0 Å². The Bertz CT molecular complexity index is 587. The molecule has 1 unspecified atom stereocenters. The van der Waals surface area contributed by atoms with Gasteiger partial charge >= 0.3 is 0 Å². The normalized spacial score (nSPS) is 12.9. The van der Waals surface area contributed by atoms with Crippen LogP contribution in [-0.4, -0.2) is 25.3 Å². The van der Waals surface area contributed by atoms with Gasteiger partial charge in [0.05, 0.1) is 22.4 Å². The van der Waals surface area contributed by atoms with Crippen molar-refractivity contribution in [3.63, 3.8) is 0 Å². The molecule has 5 nitrogen and oxygen atoms in total. The SMILES string of the molecule is CCC(C)S(=O)(=O)CCC(=O)Nc1ccc(Cl)cc1N. The third kappa shape index (κ3) is 4.68. The van der Waals surface area contributed by atoms with Gasteiger partial charge in [0.15, 0.2) is 9.84 Å². The Morgan fingerprint density at radius 2 is 2.10 bits per heavy atom. The van der Waals surface area contributed by atoms with E-state index in [0.29, 0.717) is 22.8 Å². The topological polar surface area (TPSA) is 89.3 Å². The number of amides is 1. The first-order chi connectivity index (χ1) is 9.26. The predicted octanol–water partition coefficient (Wildman–Crippen LogP) is 2.46. The van der Waals surface area contributed by atoms with Gasteiger partial charge < -0.3 is 11.1 Å². The summed E-state index contributed by atoms with van der Waals surface area (Å²) < 4.78 is 23.6. The molecule has 0 aromatic heterocycles. The highest BCUT2D eigenvalue weighted by Gasteiger charge is 2.20. The molecule has 0 heterocycles. The van der Waals surface area contributed by atoms with Crippen molar-refractivity contribution in [3.05, 3.63) is 23.2 Å². The van der Waals surface area contributed by atoms with Gasteiger partial charge in [-0.3, -0.25) is 4.79 Å². The van der Waals surface area contributed by atoms with Gasteiger partial charge in [-0.15, -0.1) is 0 Å². The van der Waals surface area contributed by atoms with E-state index in [4.69, 9.17) is 17.3 Å². The smallest absolute Gasteiger partial charge is 0.225 e. The molecule has 1 rings (SSSR count). The summed E-state index contributed by atoms with van der Waals surface area (Å²) in [6.45, 7) is 3.45. The van der Waals surface area contributed by atoms with Crippen LogP contribution in [0.2, 0.25) is 5.02 Å². The number of carbonyl (C=O) groups excluding carboxylic acids is 1. The Hall–Kier alpha value is -1.27. The molecule has 0 saturated carbocycles. The molecule has 0 aliphatic heterocycles. The van der Waals surface area contributed by atoms with Gasteiger partial charge in [0.2, 0.25) is 5.91 Å². The molecule has 1 amide bonds. The molecule has 1 atom stereocenters. The number of hydrogen-bond donors (Lipinski definition) is 2. The van der Waals surface area contributed by atoms with Crippen LogP contribution in [0.15, 0.2) is 18.2 Å². The van der Waals surface area contributed by atoms with Crippen LogP contribution in [-0.2, 0) is 14.6 Å². The minimum absolute atomic E-state index is 0.0886. The lowest BCUT2D eigenvalue weighted by molar-refractivity contribution is -0.115. The molecular weight excluding hydrogens is 300 g/mol. The molecule has 112 valence electrons. The monoisotopic (exact) mass is 318 g/mol. The highest BCUT2D eigenvalue weighted by atomic mass is 35.5. The van der Waals surface area contributed by atoms with E-state index in [-0.39, 0.29) is 18.1 Å². The van der Waals surface area contributed by atoms with Crippen molar-refractivity contribution in [2.75, 3.05) is 16.8 Å².